The number of ether oxygens (including phenoxy) is 3. The molecule has 2 aromatic carbocycles. The summed E-state index contributed by atoms with van der Waals surface area (Å²) in [6.07, 6.45) is 14.4. The van der Waals surface area contributed by atoms with Crippen LogP contribution in [-0.4, -0.2) is 18.2 Å². The van der Waals surface area contributed by atoms with Crippen molar-refractivity contribution in [1.82, 2.24) is 0 Å². The van der Waals surface area contributed by atoms with Gasteiger partial charge in [0.1, 0.15) is 17.1 Å². The van der Waals surface area contributed by atoms with E-state index in [2.05, 4.69) is 13.5 Å². The van der Waals surface area contributed by atoms with Crippen molar-refractivity contribution < 1.29 is 23.8 Å². The van der Waals surface area contributed by atoms with Crippen LogP contribution in [0.5, 0.6) is 11.5 Å². The fraction of sp³-hybridized carbons (Fsp3) is 0.467. The molecule has 190 valence electrons. The lowest BCUT2D eigenvalue weighted by molar-refractivity contribution is -0.158. The summed E-state index contributed by atoms with van der Waals surface area (Å²) < 4.78 is 16.8. The smallest absolute Gasteiger partial charge is 0.347 e. The highest BCUT2D eigenvalue weighted by Gasteiger charge is 2.20. The Kier molecular flexibility index (Phi) is 14.0. The van der Waals surface area contributed by atoms with Gasteiger partial charge in [-0.05, 0) is 30.7 Å². The van der Waals surface area contributed by atoms with Crippen molar-refractivity contribution in [3.63, 3.8) is 0 Å². The van der Waals surface area contributed by atoms with E-state index in [1.807, 2.05) is 6.07 Å². The normalized spacial score (nSPS) is 11.5. The van der Waals surface area contributed by atoms with Gasteiger partial charge in [0.05, 0.1) is 0 Å². The highest BCUT2D eigenvalue weighted by atomic mass is 16.7. The molecule has 0 spiro atoms. The number of carbonyl (C=O) groups excluding carboxylic acids is 2. The fourth-order valence-corrected chi connectivity index (χ4v) is 3.83. The number of hydrogen-bond donors (Lipinski definition) is 0. The van der Waals surface area contributed by atoms with Gasteiger partial charge in [0.2, 0.25) is 6.29 Å². The third-order valence-electron chi connectivity index (χ3n) is 5.78. The molecule has 0 radical (unpaired) electrons. The van der Waals surface area contributed by atoms with E-state index in [0.29, 0.717) is 17.9 Å². The van der Waals surface area contributed by atoms with Gasteiger partial charge in [-0.1, -0.05) is 108 Å². The Balaban J connectivity index is 1.83. The molecule has 5 heteroatoms. The topological polar surface area (TPSA) is 61.8 Å². The minimum atomic E-state index is -0.801. The Labute approximate surface area is 210 Å². The van der Waals surface area contributed by atoms with Crippen molar-refractivity contribution in [3.05, 3.63) is 72.8 Å². The van der Waals surface area contributed by atoms with E-state index < -0.39 is 18.2 Å². The first-order valence-corrected chi connectivity index (χ1v) is 13.0. The summed E-state index contributed by atoms with van der Waals surface area (Å²) >= 11 is 0. The molecule has 0 N–H and O–H groups in total. The van der Waals surface area contributed by atoms with E-state index in [1.165, 1.54) is 51.4 Å². The molecule has 0 saturated carbocycles. The first-order chi connectivity index (χ1) is 17.1. The zero-order chi connectivity index (χ0) is 25.1. The molecule has 0 aliphatic heterocycles. The predicted octanol–water partition coefficient (Wildman–Crippen LogP) is 8.04. The van der Waals surface area contributed by atoms with Gasteiger partial charge in [0.15, 0.2) is 0 Å². The van der Waals surface area contributed by atoms with Gasteiger partial charge in [0.25, 0.3) is 0 Å². The Morgan fingerprint density at radius 2 is 1.37 bits per heavy atom. The molecule has 0 saturated heterocycles. The summed E-state index contributed by atoms with van der Waals surface area (Å²) in [6, 6.07) is 15.7. The second kappa shape index (κ2) is 17.4. The third-order valence-corrected chi connectivity index (χ3v) is 5.78. The van der Waals surface area contributed by atoms with Gasteiger partial charge in [-0.15, -0.1) is 0 Å². The Morgan fingerprint density at radius 1 is 0.800 bits per heavy atom. The van der Waals surface area contributed by atoms with Gasteiger partial charge >= 0.3 is 11.9 Å². The van der Waals surface area contributed by atoms with Crippen LogP contribution >= 0.6 is 0 Å². The Bertz CT molecular complexity index is 877. The van der Waals surface area contributed by atoms with Gasteiger partial charge < -0.3 is 14.2 Å². The maximum atomic E-state index is 12.7. The predicted molar refractivity (Wildman–Crippen MR) is 140 cm³/mol. The van der Waals surface area contributed by atoms with Gasteiger partial charge in [-0.2, -0.15) is 0 Å². The number of rotatable bonds is 18. The SMILES string of the molecule is C=CC(=O)OC(CCCCCCCCCCCCC)Oc1ccccc1C(=O)Oc1ccccc1. The molecule has 5 nitrogen and oxygen atoms in total. The quantitative estimate of drug-likeness (QED) is 0.0710. The van der Waals surface area contributed by atoms with E-state index in [9.17, 15) is 9.59 Å². The minimum Gasteiger partial charge on any atom is -0.454 e. The molecular formula is C30H40O5. The lowest BCUT2D eigenvalue weighted by atomic mass is 10.1. The number of carbonyl (C=O) groups is 2. The number of hydrogen-bond acceptors (Lipinski definition) is 5. The Hall–Kier alpha value is -3.08. The number of unbranched alkanes of at least 4 members (excludes halogenated alkanes) is 10. The van der Waals surface area contributed by atoms with Crippen molar-refractivity contribution in [2.45, 2.75) is 90.3 Å². The van der Waals surface area contributed by atoms with E-state index in [0.717, 1.165) is 25.3 Å². The van der Waals surface area contributed by atoms with E-state index in [4.69, 9.17) is 14.2 Å². The van der Waals surface area contributed by atoms with Gasteiger partial charge in [0, 0.05) is 12.5 Å². The average Bonchev–Trinajstić information content (AvgIpc) is 2.88. The van der Waals surface area contributed by atoms with Crippen molar-refractivity contribution in [1.29, 1.82) is 0 Å². The van der Waals surface area contributed by atoms with Crippen LogP contribution in [0.4, 0.5) is 0 Å². The number of esters is 2. The standard InChI is InChI=1S/C30H40O5/c1-3-5-6-7-8-9-10-11-12-13-17-24-29(35-28(31)4-2)34-27-23-19-18-22-26(27)30(32)33-25-20-15-14-16-21-25/h4,14-16,18-23,29H,2-3,5-13,17,24H2,1H3. The molecule has 0 aromatic heterocycles. The van der Waals surface area contributed by atoms with Crippen LogP contribution in [0.25, 0.3) is 0 Å². The summed E-state index contributed by atoms with van der Waals surface area (Å²) in [5, 5.41) is 0. The molecule has 35 heavy (non-hydrogen) atoms. The summed E-state index contributed by atoms with van der Waals surface area (Å²) in [6.45, 7) is 5.71. The number of para-hydroxylation sites is 2. The molecule has 1 unspecified atom stereocenters. The first-order valence-electron chi connectivity index (χ1n) is 13.0. The van der Waals surface area contributed by atoms with Crippen molar-refractivity contribution in [2.24, 2.45) is 0 Å². The zero-order valence-corrected chi connectivity index (χ0v) is 21.1. The molecule has 1 atom stereocenters. The van der Waals surface area contributed by atoms with Crippen LogP contribution in [0.2, 0.25) is 0 Å². The molecule has 2 aromatic rings. The minimum absolute atomic E-state index is 0.273. The summed E-state index contributed by atoms with van der Waals surface area (Å²) in [5.74, 6) is -0.320. The van der Waals surface area contributed by atoms with Crippen LogP contribution in [0, 0.1) is 0 Å². The molecule has 0 heterocycles. The lowest BCUT2D eigenvalue weighted by Gasteiger charge is -2.20. The van der Waals surface area contributed by atoms with Crippen molar-refractivity contribution >= 4 is 11.9 Å². The monoisotopic (exact) mass is 480 g/mol. The van der Waals surface area contributed by atoms with Crippen LogP contribution in [0.1, 0.15) is 94.3 Å². The van der Waals surface area contributed by atoms with Gasteiger partial charge in [-0.3, -0.25) is 0 Å². The van der Waals surface area contributed by atoms with E-state index in [-0.39, 0.29) is 5.56 Å². The van der Waals surface area contributed by atoms with E-state index >= 15 is 0 Å². The van der Waals surface area contributed by atoms with Crippen LogP contribution in [0.3, 0.4) is 0 Å². The second-order valence-corrected chi connectivity index (χ2v) is 8.71. The summed E-state index contributed by atoms with van der Waals surface area (Å²) in [4.78, 5) is 24.6. The maximum absolute atomic E-state index is 12.7. The average molecular weight is 481 g/mol. The molecule has 0 aliphatic carbocycles. The number of benzene rings is 2. The summed E-state index contributed by atoms with van der Waals surface area (Å²) in [7, 11) is 0. The largest absolute Gasteiger partial charge is 0.454 e. The van der Waals surface area contributed by atoms with Crippen LogP contribution in [0.15, 0.2) is 67.3 Å². The molecule has 0 aliphatic rings. The zero-order valence-electron chi connectivity index (χ0n) is 21.1. The van der Waals surface area contributed by atoms with Crippen molar-refractivity contribution in [2.75, 3.05) is 0 Å². The molecule has 0 fully saturated rings. The molecular weight excluding hydrogens is 440 g/mol. The highest BCUT2D eigenvalue weighted by Crippen LogP contribution is 2.24. The molecule has 2 rings (SSSR count). The molecule has 0 amide bonds. The van der Waals surface area contributed by atoms with E-state index in [1.54, 1.807) is 48.5 Å². The highest BCUT2D eigenvalue weighted by molar-refractivity contribution is 5.94. The maximum Gasteiger partial charge on any atom is 0.347 e. The second-order valence-electron chi connectivity index (χ2n) is 8.71. The fourth-order valence-electron chi connectivity index (χ4n) is 3.83. The van der Waals surface area contributed by atoms with Crippen molar-refractivity contribution in [3.8, 4) is 11.5 Å². The van der Waals surface area contributed by atoms with Gasteiger partial charge in [-0.25, -0.2) is 9.59 Å². The van der Waals surface area contributed by atoms with Crippen LogP contribution < -0.4 is 9.47 Å². The van der Waals surface area contributed by atoms with Crippen LogP contribution in [-0.2, 0) is 9.53 Å². The Morgan fingerprint density at radius 3 is 2.00 bits per heavy atom. The summed E-state index contributed by atoms with van der Waals surface area (Å²) in [5.41, 5.74) is 0.273. The lowest BCUT2D eigenvalue weighted by Crippen LogP contribution is -2.24. The first kappa shape index (κ1) is 28.2. The molecule has 0 bridgehead atoms. The third kappa shape index (κ3) is 11.7.